The monoisotopic (exact) mass is 552 g/mol. The van der Waals surface area contributed by atoms with Gasteiger partial charge in [-0.15, -0.1) is 0 Å². The van der Waals surface area contributed by atoms with Crippen molar-refractivity contribution in [2.45, 2.75) is 174 Å². The summed E-state index contributed by atoms with van der Waals surface area (Å²) >= 11 is 0. The van der Waals surface area contributed by atoms with Crippen LogP contribution in [0, 0.1) is 5.92 Å². The van der Waals surface area contributed by atoms with Gasteiger partial charge in [-0.2, -0.15) is 0 Å². The summed E-state index contributed by atoms with van der Waals surface area (Å²) in [5.41, 5.74) is 0. The molecule has 0 fully saturated rings. The first-order chi connectivity index (χ1) is 17.5. The van der Waals surface area contributed by atoms with E-state index < -0.39 is 10.4 Å². The van der Waals surface area contributed by atoms with E-state index in [9.17, 15) is 13.0 Å². The standard InChI is InChI=1S/C31H62O4S.Na/c1-3-5-7-9-11-13-15-17-19-21-23-25-27-29-31(30-35-36(32,33)34)28-26-24-22-20-18-16-14-12-10-8-6-4-2;/h26,28,31H,3-25,27,29-30H2,1-2H3,(H,32,33,34);/q;+1/p-1/b28-26+;. The summed E-state index contributed by atoms with van der Waals surface area (Å²) in [4.78, 5) is 0. The molecular weight excluding hydrogens is 491 g/mol. The first-order valence-corrected chi connectivity index (χ1v) is 17.1. The van der Waals surface area contributed by atoms with E-state index in [1.807, 2.05) is 0 Å². The molecule has 0 aliphatic rings. The number of hydrogen-bond donors (Lipinski definition) is 0. The summed E-state index contributed by atoms with van der Waals surface area (Å²) in [5.74, 6) is 0.0181. The second-order valence-corrected chi connectivity index (χ2v) is 11.9. The Labute approximate surface area is 254 Å². The van der Waals surface area contributed by atoms with Crippen LogP contribution < -0.4 is 29.6 Å². The third kappa shape index (κ3) is 34.6. The first kappa shape index (κ1) is 39.8. The van der Waals surface area contributed by atoms with Crippen LogP contribution in [0.3, 0.4) is 0 Å². The summed E-state index contributed by atoms with van der Waals surface area (Å²) in [6.07, 6.45) is 36.6. The van der Waals surface area contributed by atoms with Crippen molar-refractivity contribution >= 4 is 10.4 Å². The molecule has 4 nitrogen and oxygen atoms in total. The number of unbranched alkanes of at least 4 members (excludes halogenated alkanes) is 22. The van der Waals surface area contributed by atoms with Gasteiger partial charge in [0.15, 0.2) is 0 Å². The maximum Gasteiger partial charge on any atom is 1.00 e. The molecule has 0 spiro atoms. The molecule has 0 saturated carbocycles. The molecule has 0 bridgehead atoms. The molecule has 216 valence electrons. The predicted octanol–water partition coefficient (Wildman–Crippen LogP) is 7.43. The van der Waals surface area contributed by atoms with Crippen LogP contribution in [0.1, 0.15) is 174 Å². The predicted molar refractivity (Wildman–Crippen MR) is 155 cm³/mol. The Hall–Kier alpha value is 0.610. The van der Waals surface area contributed by atoms with Gasteiger partial charge in [0.05, 0.1) is 6.61 Å². The van der Waals surface area contributed by atoms with Gasteiger partial charge >= 0.3 is 29.6 Å². The van der Waals surface area contributed by atoms with Crippen LogP contribution in [-0.4, -0.2) is 19.6 Å². The molecule has 0 aromatic heterocycles. The van der Waals surface area contributed by atoms with Gasteiger partial charge < -0.3 is 4.55 Å². The molecule has 0 aromatic rings. The van der Waals surface area contributed by atoms with E-state index in [0.717, 1.165) is 19.3 Å². The van der Waals surface area contributed by atoms with E-state index in [4.69, 9.17) is 0 Å². The zero-order valence-corrected chi connectivity index (χ0v) is 28.0. The molecule has 0 heterocycles. The molecule has 0 aromatic carbocycles. The maximum absolute atomic E-state index is 10.9. The van der Waals surface area contributed by atoms with Gasteiger partial charge in [-0.05, 0) is 19.3 Å². The van der Waals surface area contributed by atoms with Gasteiger partial charge in [0, 0.05) is 5.92 Å². The van der Waals surface area contributed by atoms with Crippen LogP contribution in [0.2, 0.25) is 0 Å². The average molecular weight is 553 g/mol. The van der Waals surface area contributed by atoms with Crippen molar-refractivity contribution in [1.82, 2.24) is 0 Å². The SMILES string of the molecule is CCCCCCCCCCCC/C=C/C(CCCCCCCCCCCCCCC)COS(=O)(=O)[O-].[Na+]. The largest absolute Gasteiger partial charge is 1.00 e. The van der Waals surface area contributed by atoms with Crippen molar-refractivity contribution in [2.75, 3.05) is 6.61 Å². The Morgan fingerprint density at radius 2 is 0.946 bits per heavy atom. The Morgan fingerprint density at radius 1 is 0.595 bits per heavy atom. The molecule has 0 amide bonds. The van der Waals surface area contributed by atoms with Crippen molar-refractivity contribution in [3.63, 3.8) is 0 Å². The van der Waals surface area contributed by atoms with Gasteiger partial charge in [0.2, 0.25) is 10.4 Å². The Bertz CT molecular complexity index is 566. The second kappa shape index (κ2) is 31.1. The molecule has 6 heteroatoms. The zero-order chi connectivity index (χ0) is 26.6. The topological polar surface area (TPSA) is 66.4 Å². The molecule has 0 aliphatic carbocycles. The van der Waals surface area contributed by atoms with Gasteiger partial charge in [-0.1, -0.05) is 167 Å². The van der Waals surface area contributed by atoms with Crippen molar-refractivity contribution < 1.29 is 46.7 Å². The molecule has 37 heavy (non-hydrogen) atoms. The van der Waals surface area contributed by atoms with Crippen LogP contribution in [0.25, 0.3) is 0 Å². The van der Waals surface area contributed by atoms with Gasteiger partial charge in [0.25, 0.3) is 0 Å². The minimum Gasteiger partial charge on any atom is -0.726 e. The molecule has 1 unspecified atom stereocenters. The molecule has 0 radical (unpaired) electrons. The minimum atomic E-state index is -4.62. The summed E-state index contributed by atoms with van der Waals surface area (Å²) < 4.78 is 37.3. The summed E-state index contributed by atoms with van der Waals surface area (Å²) in [6.45, 7) is 4.51. The number of hydrogen-bond acceptors (Lipinski definition) is 4. The smallest absolute Gasteiger partial charge is 0.726 e. The van der Waals surface area contributed by atoms with E-state index in [1.54, 1.807) is 0 Å². The summed E-state index contributed by atoms with van der Waals surface area (Å²) in [7, 11) is -4.62. The van der Waals surface area contributed by atoms with Crippen molar-refractivity contribution in [2.24, 2.45) is 5.92 Å². The van der Waals surface area contributed by atoms with Gasteiger partial charge in [0.1, 0.15) is 0 Å². The number of allylic oxidation sites excluding steroid dienone is 1. The first-order valence-electron chi connectivity index (χ1n) is 15.8. The van der Waals surface area contributed by atoms with E-state index >= 15 is 0 Å². The molecule has 0 rings (SSSR count). The third-order valence-electron chi connectivity index (χ3n) is 7.24. The van der Waals surface area contributed by atoms with Crippen LogP contribution in [-0.2, 0) is 14.6 Å². The fraction of sp³-hybridized carbons (Fsp3) is 0.935. The van der Waals surface area contributed by atoms with E-state index in [0.29, 0.717) is 0 Å². The maximum atomic E-state index is 10.9. The van der Waals surface area contributed by atoms with E-state index in [1.165, 1.54) is 141 Å². The second-order valence-electron chi connectivity index (χ2n) is 10.9. The Morgan fingerprint density at radius 3 is 1.32 bits per heavy atom. The summed E-state index contributed by atoms with van der Waals surface area (Å²) in [6, 6.07) is 0. The van der Waals surface area contributed by atoms with Crippen LogP contribution >= 0.6 is 0 Å². The quantitative estimate of drug-likeness (QED) is 0.0318. The fourth-order valence-corrected chi connectivity index (χ4v) is 5.21. The van der Waals surface area contributed by atoms with Crippen molar-refractivity contribution in [3.8, 4) is 0 Å². The van der Waals surface area contributed by atoms with Gasteiger partial charge in [-0.3, -0.25) is 4.18 Å². The van der Waals surface area contributed by atoms with E-state index in [-0.39, 0.29) is 42.1 Å². The third-order valence-corrected chi connectivity index (χ3v) is 7.66. The molecular formula is C31H61NaO4S. The summed E-state index contributed by atoms with van der Waals surface area (Å²) in [5, 5.41) is 0. The molecule has 1 atom stereocenters. The molecule has 0 saturated heterocycles. The minimum absolute atomic E-state index is 0. The van der Waals surface area contributed by atoms with Crippen molar-refractivity contribution in [3.05, 3.63) is 12.2 Å². The molecule has 0 aliphatic heterocycles. The van der Waals surface area contributed by atoms with Crippen LogP contribution in [0.4, 0.5) is 0 Å². The molecule has 0 N–H and O–H groups in total. The Kier molecular flexibility index (Phi) is 33.5. The fourth-order valence-electron chi connectivity index (χ4n) is 4.87. The normalized spacial score (nSPS) is 12.7. The number of rotatable bonds is 29. The van der Waals surface area contributed by atoms with Crippen molar-refractivity contribution in [1.29, 1.82) is 0 Å². The van der Waals surface area contributed by atoms with Crippen LogP contribution in [0.15, 0.2) is 12.2 Å². The average Bonchev–Trinajstić information content (AvgIpc) is 2.84. The van der Waals surface area contributed by atoms with E-state index in [2.05, 4.69) is 30.2 Å². The Balaban J connectivity index is 0. The van der Waals surface area contributed by atoms with Gasteiger partial charge in [-0.25, -0.2) is 8.42 Å². The zero-order valence-electron chi connectivity index (χ0n) is 25.2. The van der Waals surface area contributed by atoms with Crippen LogP contribution in [0.5, 0.6) is 0 Å².